The molecule has 1 amide bonds. The molecule has 1 aliphatic carbocycles. The van der Waals surface area contributed by atoms with Gasteiger partial charge in [0.2, 0.25) is 5.91 Å². The first-order valence-corrected chi connectivity index (χ1v) is 10.9. The normalized spacial score (nSPS) is 22.4. The highest BCUT2D eigenvalue weighted by Gasteiger charge is 2.35. The van der Waals surface area contributed by atoms with Gasteiger partial charge < -0.3 is 15.6 Å². The third-order valence-corrected chi connectivity index (χ3v) is 7.00. The maximum atomic E-state index is 13.3. The van der Waals surface area contributed by atoms with Crippen molar-refractivity contribution in [3.05, 3.63) is 40.2 Å². The summed E-state index contributed by atoms with van der Waals surface area (Å²) in [5.74, 6) is 1.34. The molecular formula is C21H25N5OS. The number of thiazole rings is 1. The summed E-state index contributed by atoms with van der Waals surface area (Å²) in [5, 5.41) is 0.582. The number of imidazole rings is 1. The van der Waals surface area contributed by atoms with Crippen LogP contribution in [0, 0.1) is 6.92 Å². The van der Waals surface area contributed by atoms with E-state index in [4.69, 9.17) is 10.7 Å². The predicted octanol–water partition coefficient (Wildman–Crippen LogP) is 3.74. The van der Waals surface area contributed by atoms with Crippen LogP contribution in [0.3, 0.4) is 0 Å². The number of hydrogen-bond acceptors (Lipinski definition) is 5. The second-order valence-electron chi connectivity index (χ2n) is 8.07. The molecule has 0 bridgehead atoms. The Morgan fingerprint density at radius 3 is 3.07 bits per heavy atom. The summed E-state index contributed by atoms with van der Waals surface area (Å²) < 4.78 is 0. The molecule has 2 aliphatic rings. The molecular weight excluding hydrogens is 370 g/mol. The number of nitrogens with zero attached hydrogens (tertiary/aromatic N) is 3. The van der Waals surface area contributed by atoms with Crippen molar-refractivity contribution in [2.45, 2.75) is 50.9 Å². The highest BCUT2D eigenvalue weighted by Crippen LogP contribution is 2.38. The molecule has 7 heteroatoms. The van der Waals surface area contributed by atoms with Gasteiger partial charge in [-0.25, -0.2) is 9.97 Å². The van der Waals surface area contributed by atoms with Gasteiger partial charge in [0.15, 0.2) is 5.13 Å². The quantitative estimate of drug-likeness (QED) is 0.692. The number of carbonyl (C=O) groups is 1. The van der Waals surface area contributed by atoms with E-state index in [9.17, 15) is 4.79 Å². The largest absolute Gasteiger partial charge is 0.375 e. The van der Waals surface area contributed by atoms with Crippen LogP contribution in [0.1, 0.15) is 59.5 Å². The smallest absolute Gasteiger partial charge is 0.231 e. The van der Waals surface area contributed by atoms with Gasteiger partial charge >= 0.3 is 0 Å². The van der Waals surface area contributed by atoms with Gasteiger partial charge in [-0.2, -0.15) is 0 Å². The number of amides is 1. The topological polar surface area (TPSA) is 87.9 Å². The average molecular weight is 396 g/mol. The van der Waals surface area contributed by atoms with Gasteiger partial charge in [-0.05, 0) is 56.7 Å². The molecule has 0 saturated carbocycles. The van der Waals surface area contributed by atoms with Gasteiger partial charge in [-0.3, -0.25) is 4.79 Å². The number of piperidine rings is 1. The van der Waals surface area contributed by atoms with Crippen molar-refractivity contribution in [2.75, 3.05) is 18.8 Å². The third-order valence-electron chi connectivity index (χ3n) is 6.04. The van der Waals surface area contributed by atoms with Crippen molar-refractivity contribution in [1.82, 2.24) is 19.9 Å². The van der Waals surface area contributed by atoms with Crippen LogP contribution in [0.15, 0.2) is 18.2 Å². The summed E-state index contributed by atoms with van der Waals surface area (Å²) in [6.45, 7) is 3.63. The number of aromatic amines is 1. The van der Waals surface area contributed by atoms with Gasteiger partial charge in [0.25, 0.3) is 0 Å². The zero-order valence-corrected chi connectivity index (χ0v) is 16.9. The summed E-state index contributed by atoms with van der Waals surface area (Å²) in [5.41, 5.74) is 10.1. The zero-order valence-electron chi connectivity index (χ0n) is 16.1. The van der Waals surface area contributed by atoms with Crippen LogP contribution >= 0.6 is 11.3 Å². The van der Waals surface area contributed by atoms with E-state index in [0.717, 1.165) is 67.7 Å². The minimum Gasteiger partial charge on any atom is -0.375 e. The molecule has 3 aromatic rings. The highest BCUT2D eigenvalue weighted by atomic mass is 32.1. The summed E-state index contributed by atoms with van der Waals surface area (Å²) in [6, 6.07) is 6.28. The number of carbonyl (C=O) groups excluding carboxylic acids is 1. The van der Waals surface area contributed by atoms with Crippen molar-refractivity contribution >= 4 is 33.4 Å². The summed E-state index contributed by atoms with van der Waals surface area (Å²) in [4.78, 5) is 29.3. The highest BCUT2D eigenvalue weighted by molar-refractivity contribution is 7.15. The van der Waals surface area contributed by atoms with Crippen LogP contribution in [-0.4, -0.2) is 38.8 Å². The van der Waals surface area contributed by atoms with Crippen LogP contribution in [0.25, 0.3) is 11.0 Å². The number of fused-ring (bicyclic) bond motifs is 2. The molecule has 28 heavy (non-hydrogen) atoms. The van der Waals surface area contributed by atoms with Crippen molar-refractivity contribution in [2.24, 2.45) is 0 Å². The van der Waals surface area contributed by atoms with Crippen molar-refractivity contribution in [1.29, 1.82) is 0 Å². The number of aryl methyl sites for hydroxylation is 2. The summed E-state index contributed by atoms with van der Waals surface area (Å²) in [6.07, 6.45) is 4.97. The molecule has 1 aliphatic heterocycles. The van der Waals surface area contributed by atoms with Gasteiger partial charge in [-0.15, -0.1) is 11.3 Å². The first-order chi connectivity index (χ1) is 13.6. The fourth-order valence-electron chi connectivity index (χ4n) is 4.64. The Morgan fingerprint density at radius 2 is 2.18 bits per heavy atom. The number of benzene rings is 1. The molecule has 2 unspecified atom stereocenters. The van der Waals surface area contributed by atoms with E-state index in [1.165, 1.54) is 21.8 Å². The lowest BCUT2D eigenvalue weighted by molar-refractivity contribution is -0.134. The van der Waals surface area contributed by atoms with Gasteiger partial charge in [0, 0.05) is 23.9 Å². The molecule has 2 atom stereocenters. The monoisotopic (exact) mass is 395 g/mol. The van der Waals surface area contributed by atoms with E-state index in [-0.39, 0.29) is 17.7 Å². The van der Waals surface area contributed by atoms with E-state index in [1.54, 1.807) is 0 Å². The van der Waals surface area contributed by atoms with E-state index in [1.807, 2.05) is 4.90 Å². The molecule has 1 fully saturated rings. The van der Waals surface area contributed by atoms with Crippen molar-refractivity contribution in [3.63, 3.8) is 0 Å². The fourth-order valence-corrected chi connectivity index (χ4v) is 5.57. The Labute approximate surface area is 168 Å². The molecule has 1 saturated heterocycles. The lowest BCUT2D eigenvalue weighted by Crippen LogP contribution is -2.42. The average Bonchev–Trinajstić information content (AvgIpc) is 3.29. The van der Waals surface area contributed by atoms with Crippen LogP contribution < -0.4 is 5.73 Å². The van der Waals surface area contributed by atoms with Crippen molar-refractivity contribution < 1.29 is 4.79 Å². The Morgan fingerprint density at radius 1 is 1.29 bits per heavy atom. The number of likely N-dealkylation sites (tertiary alicyclic amines) is 1. The molecule has 5 rings (SSSR count). The molecule has 0 radical (unpaired) electrons. The maximum Gasteiger partial charge on any atom is 0.231 e. The van der Waals surface area contributed by atoms with Crippen molar-refractivity contribution in [3.8, 4) is 0 Å². The molecule has 2 aromatic heterocycles. The van der Waals surface area contributed by atoms with E-state index in [0.29, 0.717) is 5.13 Å². The zero-order chi connectivity index (χ0) is 19.3. The number of nitrogens with two attached hydrogens (primary N) is 1. The second kappa shape index (κ2) is 6.88. The van der Waals surface area contributed by atoms with Crippen LogP contribution in [0.5, 0.6) is 0 Å². The lowest BCUT2D eigenvalue weighted by atomic mass is 9.88. The fraction of sp³-hybridized carbons (Fsp3) is 0.476. The number of nitrogens with one attached hydrogen (secondary N) is 1. The number of H-pyrrole nitrogens is 1. The van der Waals surface area contributed by atoms with E-state index < -0.39 is 0 Å². The predicted molar refractivity (Wildman–Crippen MR) is 112 cm³/mol. The minimum atomic E-state index is -0.130. The number of anilines is 1. The minimum absolute atomic E-state index is 0.130. The number of hydrogen-bond donors (Lipinski definition) is 2. The van der Waals surface area contributed by atoms with Crippen LogP contribution in [-0.2, 0) is 11.2 Å². The van der Waals surface area contributed by atoms with Crippen LogP contribution in [0.2, 0.25) is 0 Å². The first-order valence-electron chi connectivity index (χ1n) is 10.1. The SMILES string of the molecule is Cc1ccc2nc(C3CCCN(C(=O)C4CCCc5sc(N)nc54)C3)[nH]c2c1. The van der Waals surface area contributed by atoms with Crippen LogP contribution in [0.4, 0.5) is 5.13 Å². The molecule has 1 aromatic carbocycles. The van der Waals surface area contributed by atoms with Gasteiger partial charge in [0.1, 0.15) is 5.82 Å². The molecule has 0 spiro atoms. The summed E-state index contributed by atoms with van der Waals surface area (Å²) in [7, 11) is 0. The molecule has 146 valence electrons. The number of rotatable bonds is 2. The Hall–Kier alpha value is -2.41. The molecule has 6 nitrogen and oxygen atoms in total. The number of nitrogen functional groups attached to an aromatic ring is 1. The van der Waals surface area contributed by atoms with E-state index in [2.05, 4.69) is 35.1 Å². The van der Waals surface area contributed by atoms with Gasteiger partial charge in [-0.1, -0.05) is 6.07 Å². The second-order valence-corrected chi connectivity index (χ2v) is 9.19. The third kappa shape index (κ3) is 3.07. The lowest BCUT2D eigenvalue weighted by Gasteiger charge is -2.35. The Bertz CT molecular complexity index is 1040. The standard InChI is InChI=1S/C21H25N5OS/c1-12-7-8-15-16(10-12)24-19(23-15)13-4-3-9-26(11-13)20(27)14-5-2-6-17-18(14)25-21(22)28-17/h7-8,10,13-14H,2-6,9,11H2,1H3,(H2,22,25)(H,23,24). The van der Waals surface area contributed by atoms with E-state index >= 15 is 0 Å². The summed E-state index contributed by atoms with van der Waals surface area (Å²) >= 11 is 1.54. The number of aromatic nitrogens is 3. The Kier molecular flexibility index (Phi) is 4.34. The molecule has 3 N–H and O–H groups in total. The Balaban J connectivity index is 1.37. The molecule has 3 heterocycles. The first kappa shape index (κ1) is 17.7. The maximum absolute atomic E-state index is 13.3. The van der Waals surface area contributed by atoms with Gasteiger partial charge in [0.05, 0.1) is 22.6 Å².